The summed E-state index contributed by atoms with van der Waals surface area (Å²) in [5, 5.41) is 3.61. The number of primary amides is 1. The van der Waals surface area contributed by atoms with E-state index in [1.165, 1.54) is 11.8 Å². The number of carbonyl (C=O) groups excluding carboxylic acids is 2. The maximum absolute atomic E-state index is 12.1. The van der Waals surface area contributed by atoms with E-state index in [0.29, 0.717) is 24.9 Å². The molecule has 3 N–H and O–H groups in total. The Morgan fingerprint density at radius 2 is 1.88 bits per heavy atom. The van der Waals surface area contributed by atoms with Crippen molar-refractivity contribution in [2.24, 2.45) is 5.73 Å². The number of hydrogen-bond donors (Lipinski definition) is 2. The number of benzene rings is 1. The summed E-state index contributed by atoms with van der Waals surface area (Å²) in [7, 11) is 0. The van der Waals surface area contributed by atoms with Crippen LogP contribution in [0.5, 0.6) is 0 Å². The summed E-state index contributed by atoms with van der Waals surface area (Å²) in [6, 6.07) is 6.93. The van der Waals surface area contributed by atoms with E-state index in [2.05, 4.69) is 15.3 Å². The Hall–Kier alpha value is -2.41. The second kappa shape index (κ2) is 8.62. The van der Waals surface area contributed by atoms with Crippen LogP contribution in [0.2, 0.25) is 0 Å². The number of nitrogens with zero attached hydrogens (tertiary/aromatic N) is 2. The highest BCUT2D eigenvalue weighted by Crippen LogP contribution is 2.17. The second-order valence-electron chi connectivity index (χ2n) is 5.70. The molecule has 0 fully saturated rings. The van der Waals surface area contributed by atoms with Crippen LogP contribution < -0.4 is 11.1 Å². The van der Waals surface area contributed by atoms with Crippen LogP contribution in [0.3, 0.4) is 0 Å². The van der Waals surface area contributed by atoms with Gasteiger partial charge in [-0.15, -0.1) is 0 Å². The zero-order chi connectivity index (χ0) is 18.4. The van der Waals surface area contributed by atoms with Crippen LogP contribution in [0.1, 0.15) is 39.3 Å². The third kappa shape index (κ3) is 5.29. The lowest BCUT2D eigenvalue weighted by Gasteiger charge is -2.10. The Balaban J connectivity index is 1.91. The van der Waals surface area contributed by atoms with Gasteiger partial charge in [-0.05, 0) is 49.8 Å². The quantitative estimate of drug-likeness (QED) is 0.584. The smallest absolute Gasteiger partial charge is 0.248 e. The molecule has 2 amide bonds. The predicted molar refractivity (Wildman–Crippen MR) is 98.4 cm³/mol. The van der Waals surface area contributed by atoms with Gasteiger partial charge < -0.3 is 11.1 Å². The summed E-state index contributed by atoms with van der Waals surface area (Å²) in [5.74, 6) is -0.537. The second-order valence-corrected chi connectivity index (χ2v) is 6.47. The molecule has 2 aromatic rings. The molecule has 7 heteroatoms. The van der Waals surface area contributed by atoms with E-state index in [9.17, 15) is 9.59 Å². The minimum atomic E-state index is -0.479. The van der Waals surface area contributed by atoms with Gasteiger partial charge in [-0.2, -0.15) is 0 Å². The number of nitrogens with one attached hydrogen (secondary N) is 1. The molecule has 0 aliphatic carbocycles. The first kappa shape index (κ1) is 18.9. The summed E-state index contributed by atoms with van der Waals surface area (Å²) in [6.07, 6.45) is 2.90. The molecule has 0 saturated carbocycles. The zero-order valence-electron chi connectivity index (χ0n) is 14.6. The molecule has 0 bridgehead atoms. The number of rotatable bonds is 7. The van der Waals surface area contributed by atoms with Gasteiger partial charge in [-0.1, -0.05) is 23.9 Å². The first-order valence-electron chi connectivity index (χ1n) is 7.94. The summed E-state index contributed by atoms with van der Waals surface area (Å²) < 4.78 is 0. The maximum Gasteiger partial charge on any atom is 0.248 e. The van der Waals surface area contributed by atoms with Gasteiger partial charge in [0.15, 0.2) is 5.16 Å². The average molecular weight is 358 g/mol. The molecule has 6 nitrogen and oxygen atoms in total. The predicted octanol–water partition coefficient (Wildman–Crippen LogP) is 2.16. The zero-order valence-corrected chi connectivity index (χ0v) is 15.4. The number of amides is 2. The average Bonchev–Trinajstić information content (AvgIpc) is 2.59. The van der Waals surface area contributed by atoms with Gasteiger partial charge in [0.1, 0.15) is 0 Å². The normalized spacial score (nSPS) is 10.5. The molecule has 0 atom stereocenters. The number of hydrogen-bond acceptors (Lipinski definition) is 5. The van der Waals surface area contributed by atoms with Crippen molar-refractivity contribution in [3.63, 3.8) is 0 Å². The van der Waals surface area contributed by atoms with E-state index in [1.54, 1.807) is 18.2 Å². The molecule has 0 spiro atoms. The lowest BCUT2D eigenvalue weighted by Crippen LogP contribution is -2.23. The molecule has 1 aromatic heterocycles. The van der Waals surface area contributed by atoms with Crippen LogP contribution >= 0.6 is 11.8 Å². The minimum absolute atomic E-state index is 0.0581. The molecule has 132 valence electrons. The van der Waals surface area contributed by atoms with Crippen LogP contribution in [-0.2, 0) is 17.8 Å². The summed E-state index contributed by atoms with van der Waals surface area (Å²) >= 11 is 1.50. The van der Waals surface area contributed by atoms with E-state index in [-0.39, 0.29) is 5.91 Å². The molecule has 0 unspecified atom stereocenters. The number of nitrogens with two attached hydrogens (primary N) is 1. The van der Waals surface area contributed by atoms with Gasteiger partial charge in [0.2, 0.25) is 11.8 Å². The van der Waals surface area contributed by atoms with Crippen molar-refractivity contribution in [1.82, 2.24) is 15.3 Å². The maximum atomic E-state index is 12.1. The van der Waals surface area contributed by atoms with Gasteiger partial charge in [0.25, 0.3) is 0 Å². The number of carbonyl (C=O) groups is 2. The van der Waals surface area contributed by atoms with Gasteiger partial charge in [0.05, 0.1) is 0 Å². The first-order chi connectivity index (χ1) is 11.9. The van der Waals surface area contributed by atoms with Crippen molar-refractivity contribution in [3.8, 4) is 0 Å². The Bertz CT molecular complexity index is 769. The highest BCUT2D eigenvalue weighted by Gasteiger charge is 2.11. The highest BCUT2D eigenvalue weighted by atomic mass is 32.2. The molecule has 0 aliphatic heterocycles. The van der Waals surface area contributed by atoms with E-state index < -0.39 is 5.91 Å². The van der Waals surface area contributed by atoms with E-state index in [4.69, 9.17) is 5.73 Å². The van der Waals surface area contributed by atoms with Crippen LogP contribution in [0.25, 0.3) is 0 Å². The lowest BCUT2D eigenvalue weighted by molar-refractivity contribution is -0.121. The lowest BCUT2D eigenvalue weighted by atomic mass is 10.1. The van der Waals surface area contributed by atoms with E-state index in [1.807, 2.05) is 26.2 Å². The van der Waals surface area contributed by atoms with E-state index in [0.717, 1.165) is 27.7 Å². The Morgan fingerprint density at radius 3 is 2.48 bits per heavy atom. The standard InChI is InChI=1S/C18H22N4O2S/c1-11-15(12(2)22-18(21-11)25-3)7-8-16(23)20-10-13-5-4-6-14(9-13)17(19)24/h4-6,9H,7-8,10H2,1-3H3,(H2,19,24)(H,20,23). The minimum Gasteiger partial charge on any atom is -0.366 e. The Morgan fingerprint density at radius 1 is 1.20 bits per heavy atom. The third-order valence-corrected chi connectivity index (χ3v) is 4.43. The fourth-order valence-electron chi connectivity index (χ4n) is 2.52. The summed E-state index contributed by atoms with van der Waals surface area (Å²) in [6.45, 7) is 4.24. The van der Waals surface area contributed by atoms with Gasteiger partial charge in [-0.3, -0.25) is 9.59 Å². The molecular formula is C18H22N4O2S. The Labute approximate surface area is 151 Å². The number of aromatic nitrogens is 2. The molecule has 0 saturated heterocycles. The number of thioether (sulfide) groups is 1. The highest BCUT2D eigenvalue weighted by molar-refractivity contribution is 7.98. The van der Waals surface area contributed by atoms with Crippen molar-refractivity contribution < 1.29 is 9.59 Å². The summed E-state index contributed by atoms with van der Waals surface area (Å²) in [5.41, 5.74) is 9.38. The summed E-state index contributed by atoms with van der Waals surface area (Å²) in [4.78, 5) is 32.1. The fraction of sp³-hybridized carbons (Fsp3) is 0.333. The monoisotopic (exact) mass is 358 g/mol. The molecule has 25 heavy (non-hydrogen) atoms. The van der Waals surface area contributed by atoms with Gasteiger partial charge in [0, 0.05) is 29.9 Å². The molecule has 0 aliphatic rings. The molecular weight excluding hydrogens is 336 g/mol. The van der Waals surface area contributed by atoms with Crippen molar-refractivity contribution in [3.05, 3.63) is 52.3 Å². The third-order valence-electron chi connectivity index (χ3n) is 3.89. The van der Waals surface area contributed by atoms with Crippen LogP contribution in [0.4, 0.5) is 0 Å². The largest absolute Gasteiger partial charge is 0.366 e. The van der Waals surface area contributed by atoms with Gasteiger partial charge >= 0.3 is 0 Å². The van der Waals surface area contributed by atoms with Crippen LogP contribution in [-0.4, -0.2) is 28.0 Å². The molecule has 1 aromatic carbocycles. The topological polar surface area (TPSA) is 98.0 Å². The van der Waals surface area contributed by atoms with Crippen LogP contribution in [0.15, 0.2) is 29.4 Å². The number of aryl methyl sites for hydroxylation is 2. The van der Waals surface area contributed by atoms with Crippen molar-refractivity contribution in [2.45, 2.75) is 38.4 Å². The first-order valence-corrected chi connectivity index (χ1v) is 9.16. The van der Waals surface area contributed by atoms with Crippen LogP contribution in [0, 0.1) is 13.8 Å². The fourth-order valence-corrected chi connectivity index (χ4v) is 2.98. The van der Waals surface area contributed by atoms with Gasteiger partial charge in [-0.25, -0.2) is 9.97 Å². The molecule has 1 heterocycles. The van der Waals surface area contributed by atoms with E-state index >= 15 is 0 Å². The Kier molecular flexibility index (Phi) is 6.52. The van der Waals surface area contributed by atoms with Crippen molar-refractivity contribution in [1.29, 1.82) is 0 Å². The molecule has 0 radical (unpaired) electrons. The molecule has 2 rings (SSSR count). The SMILES string of the molecule is CSc1nc(C)c(CCC(=O)NCc2cccc(C(N)=O)c2)c(C)n1. The van der Waals surface area contributed by atoms with Crippen molar-refractivity contribution >= 4 is 23.6 Å². The van der Waals surface area contributed by atoms with Crippen molar-refractivity contribution in [2.75, 3.05) is 6.26 Å².